The predicted molar refractivity (Wildman–Crippen MR) is 36.9 cm³/mol. The first-order valence-corrected chi connectivity index (χ1v) is 3.02. The Bertz CT molecular complexity index is 73.5. The fraction of sp³-hybridized carbons (Fsp3) is 0.833. The fourth-order valence-electron chi connectivity index (χ4n) is 0.535. The van der Waals surface area contributed by atoms with Gasteiger partial charge in [0.05, 0.1) is 0 Å². The fourth-order valence-corrected chi connectivity index (χ4v) is 0.535. The Hall–Kier alpha value is -0.570. The van der Waals surface area contributed by atoms with Gasteiger partial charge in [0.2, 0.25) is 0 Å². The molecule has 0 aliphatic rings. The Labute approximate surface area is 56.0 Å². The molecular weight excluding hydrogens is 116 g/mol. The second-order valence-corrected chi connectivity index (χ2v) is 2.19. The van der Waals surface area contributed by atoms with Gasteiger partial charge in [-0.15, -0.1) is 0 Å². The first kappa shape index (κ1) is 8.43. The van der Waals surface area contributed by atoms with Crippen molar-refractivity contribution in [2.24, 2.45) is 0 Å². The van der Waals surface area contributed by atoms with E-state index in [0.717, 1.165) is 19.5 Å². The van der Waals surface area contributed by atoms with Crippen LogP contribution in [-0.4, -0.2) is 38.5 Å². The van der Waals surface area contributed by atoms with Gasteiger partial charge in [0.1, 0.15) is 0 Å². The lowest BCUT2D eigenvalue weighted by Gasteiger charge is -2.07. The Morgan fingerprint density at radius 2 is 2.22 bits per heavy atom. The second-order valence-electron chi connectivity index (χ2n) is 2.19. The number of rotatable bonds is 5. The maximum Gasteiger partial charge on any atom is 0.309 e. The summed E-state index contributed by atoms with van der Waals surface area (Å²) in [7, 11) is 4.01. The largest absolute Gasteiger partial charge is 0.348 e. The van der Waals surface area contributed by atoms with Crippen LogP contribution in [0.2, 0.25) is 0 Å². The summed E-state index contributed by atoms with van der Waals surface area (Å²) in [5, 5.41) is 2.47. The van der Waals surface area contributed by atoms with Crippen LogP contribution in [0.5, 0.6) is 0 Å². The molecule has 0 saturated heterocycles. The summed E-state index contributed by atoms with van der Waals surface area (Å²) in [6, 6.07) is 0. The Kier molecular flexibility index (Phi) is 5.21. The zero-order valence-corrected chi connectivity index (χ0v) is 5.98. The van der Waals surface area contributed by atoms with Crippen molar-refractivity contribution in [1.29, 1.82) is 0 Å². The van der Waals surface area contributed by atoms with Crippen LogP contribution in [-0.2, 0) is 4.79 Å². The molecule has 53 valence electrons. The second kappa shape index (κ2) is 5.56. The van der Waals surface area contributed by atoms with Crippen LogP contribution in [0.3, 0.4) is 0 Å². The number of amides is 1. The van der Waals surface area contributed by atoms with E-state index in [-0.39, 0.29) is 0 Å². The highest BCUT2D eigenvalue weighted by Gasteiger charge is 1.87. The highest BCUT2D eigenvalue weighted by Crippen LogP contribution is 1.78. The van der Waals surface area contributed by atoms with E-state index in [2.05, 4.69) is 10.2 Å². The number of nitrogens with one attached hydrogen (secondary N) is 1. The highest BCUT2D eigenvalue weighted by molar-refractivity contribution is 5.46. The summed E-state index contributed by atoms with van der Waals surface area (Å²) in [6.45, 7) is 1.73. The summed E-state index contributed by atoms with van der Waals surface area (Å²) in [4.78, 5) is 11.7. The molecule has 0 bridgehead atoms. The predicted octanol–water partition coefficient (Wildman–Crippen LogP) is -0.405. The lowest BCUT2D eigenvalue weighted by Crippen LogP contribution is -2.19. The molecule has 0 spiro atoms. The molecule has 0 aliphatic carbocycles. The van der Waals surface area contributed by atoms with E-state index in [0.29, 0.717) is 0 Å². The summed E-state index contributed by atoms with van der Waals surface area (Å²) in [5.74, 6) is 0. The zero-order valence-electron chi connectivity index (χ0n) is 5.98. The van der Waals surface area contributed by atoms with Crippen LogP contribution in [0, 0.1) is 0 Å². The maximum absolute atomic E-state index is 9.60. The van der Waals surface area contributed by atoms with E-state index in [1.165, 1.54) is 0 Å². The molecule has 9 heavy (non-hydrogen) atoms. The molecule has 1 amide bonds. The van der Waals surface area contributed by atoms with Gasteiger partial charge in [-0.1, -0.05) is 0 Å². The van der Waals surface area contributed by atoms with Gasteiger partial charge in [-0.05, 0) is 27.1 Å². The third kappa shape index (κ3) is 7.43. The summed E-state index contributed by atoms with van der Waals surface area (Å²) < 4.78 is 0. The van der Waals surface area contributed by atoms with E-state index in [9.17, 15) is 4.79 Å². The summed E-state index contributed by atoms with van der Waals surface area (Å²) in [6.07, 6.45) is 2.61. The average molecular weight is 129 g/mol. The molecule has 0 saturated carbocycles. The van der Waals surface area contributed by atoms with E-state index < -0.39 is 0 Å². The van der Waals surface area contributed by atoms with Gasteiger partial charge >= 0.3 is 6.41 Å². The SMILES string of the molecule is CN(C)CCCN[C]=O. The van der Waals surface area contributed by atoms with Gasteiger partial charge in [0, 0.05) is 6.54 Å². The smallest absolute Gasteiger partial charge is 0.309 e. The first-order chi connectivity index (χ1) is 4.27. The van der Waals surface area contributed by atoms with Crippen molar-refractivity contribution in [1.82, 2.24) is 10.2 Å². The van der Waals surface area contributed by atoms with Crippen LogP contribution in [0.1, 0.15) is 6.42 Å². The van der Waals surface area contributed by atoms with E-state index >= 15 is 0 Å². The third-order valence-corrected chi connectivity index (χ3v) is 0.979. The van der Waals surface area contributed by atoms with Crippen LogP contribution < -0.4 is 5.32 Å². The van der Waals surface area contributed by atoms with Crippen LogP contribution >= 0.6 is 0 Å². The molecule has 0 rings (SSSR count). The lowest BCUT2D eigenvalue weighted by atomic mass is 10.4. The molecule has 0 heterocycles. The van der Waals surface area contributed by atoms with E-state index in [4.69, 9.17) is 0 Å². The molecule has 0 aliphatic heterocycles. The van der Waals surface area contributed by atoms with Gasteiger partial charge in [-0.3, -0.25) is 4.79 Å². The minimum absolute atomic E-state index is 0.724. The van der Waals surface area contributed by atoms with Crippen LogP contribution in [0.15, 0.2) is 0 Å². The molecule has 1 N–H and O–H groups in total. The molecular formula is C6H13N2O. The minimum Gasteiger partial charge on any atom is -0.348 e. The maximum atomic E-state index is 9.60. The quantitative estimate of drug-likeness (QED) is 0.404. The molecule has 0 aromatic heterocycles. The molecule has 0 aromatic rings. The number of hydrogen-bond acceptors (Lipinski definition) is 2. The standard InChI is InChI=1S/C6H13N2O/c1-8(2)5-3-4-7-6-9/h3-5H2,1-2H3,(H,7,9). The first-order valence-electron chi connectivity index (χ1n) is 3.02. The number of hydrogen-bond donors (Lipinski definition) is 1. The normalized spacial score (nSPS) is 9.67. The van der Waals surface area contributed by atoms with Gasteiger partial charge in [0.25, 0.3) is 0 Å². The molecule has 1 radical (unpaired) electrons. The lowest BCUT2D eigenvalue weighted by molar-refractivity contribution is 0.399. The van der Waals surface area contributed by atoms with E-state index in [1.807, 2.05) is 14.1 Å². The van der Waals surface area contributed by atoms with Gasteiger partial charge < -0.3 is 10.2 Å². The van der Waals surface area contributed by atoms with Crippen molar-refractivity contribution in [2.75, 3.05) is 27.2 Å². The average Bonchev–Trinajstić information content (AvgIpc) is 1.80. The van der Waals surface area contributed by atoms with Crippen molar-refractivity contribution in [3.05, 3.63) is 0 Å². The number of nitrogens with zero attached hydrogens (tertiary/aromatic N) is 1. The van der Waals surface area contributed by atoms with Gasteiger partial charge in [-0.25, -0.2) is 0 Å². The molecule has 0 aromatic carbocycles. The Morgan fingerprint density at radius 1 is 1.56 bits per heavy atom. The van der Waals surface area contributed by atoms with Crippen molar-refractivity contribution in [2.45, 2.75) is 6.42 Å². The monoisotopic (exact) mass is 129 g/mol. The Balaban J connectivity index is 2.82. The number of carbonyl (C=O) groups excluding carboxylic acids is 1. The van der Waals surface area contributed by atoms with Crippen molar-refractivity contribution < 1.29 is 4.79 Å². The minimum atomic E-state index is 0.724. The zero-order chi connectivity index (χ0) is 7.11. The van der Waals surface area contributed by atoms with Gasteiger partial charge in [-0.2, -0.15) is 0 Å². The molecule has 0 atom stereocenters. The van der Waals surface area contributed by atoms with Crippen LogP contribution in [0.4, 0.5) is 0 Å². The van der Waals surface area contributed by atoms with Crippen molar-refractivity contribution >= 4 is 6.41 Å². The van der Waals surface area contributed by atoms with Crippen molar-refractivity contribution in [3.8, 4) is 0 Å². The molecule has 3 heteroatoms. The van der Waals surface area contributed by atoms with E-state index in [1.54, 1.807) is 6.41 Å². The van der Waals surface area contributed by atoms with Gasteiger partial charge in [0.15, 0.2) is 0 Å². The summed E-state index contributed by atoms with van der Waals surface area (Å²) in [5.41, 5.74) is 0. The molecule has 0 fully saturated rings. The highest BCUT2D eigenvalue weighted by atomic mass is 16.1. The molecule has 0 unspecified atom stereocenters. The summed E-state index contributed by atoms with van der Waals surface area (Å²) >= 11 is 0. The molecule has 3 nitrogen and oxygen atoms in total. The van der Waals surface area contributed by atoms with Crippen molar-refractivity contribution in [3.63, 3.8) is 0 Å². The Morgan fingerprint density at radius 3 is 2.67 bits per heavy atom. The van der Waals surface area contributed by atoms with Crippen LogP contribution in [0.25, 0.3) is 0 Å². The topological polar surface area (TPSA) is 32.3 Å². The third-order valence-electron chi connectivity index (χ3n) is 0.979.